The Kier molecular flexibility index (Phi) is 4.20. The van der Waals surface area contributed by atoms with E-state index in [1.54, 1.807) is 0 Å². The molecule has 0 unspecified atom stereocenters. The molecule has 19 heavy (non-hydrogen) atoms. The zero-order chi connectivity index (χ0) is 14.0. The first-order valence-corrected chi connectivity index (χ1v) is 7.24. The van der Waals surface area contributed by atoms with Gasteiger partial charge in [0, 0.05) is 5.56 Å². The van der Waals surface area contributed by atoms with Crippen molar-refractivity contribution >= 4 is 21.7 Å². The highest BCUT2D eigenvalue weighted by atomic mass is 79.9. The Morgan fingerprint density at radius 3 is 2.32 bits per heavy atom. The fraction of sp³-hybridized carbons (Fsp3) is 0.333. The topological polar surface area (TPSA) is 51.8 Å². The first-order valence-electron chi connectivity index (χ1n) is 6.45. The van der Waals surface area contributed by atoms with Gasteiger partial charge in [-0.15, -0.1) is 0 Å². The van der Waals surface area contributed by atoms with E-state index in [4.69, 9.17) is 5.73 Å². The van der Waals surface area contributed by atoms with Gasteiger partial charge >= 0.3 is 0 Å². The predicted molar refractivity (Wildman–Crippen MR) is 83.0 cm³/mol. The highest BCUT2D eigenvalue weighted by Crippen LogP contribution is 2.26. The summed E-state index contributed by atoms with van der Waals surface area (Å²) >= 11 is 3.43. The van der Waals surface area contributed by atoms with Gasteiger partial charge in [0.2, 0.25) is 0 Å². The van der Waals surface area contributed by atoms with Crippen molar-refractivity contribution in [2.75, 3.05) is 5.73 Å². The zero-order valence-electron chi connectivity index (χ0n) is 11.4. The van der Waals surface area contributed by atoms with Crippen LogP contribution in [0.15, 0.2) is 28.7 Å². The lowest BCUT2D eigenvalue weighted by molar-refractivity contribution is 0.866. The second-order valence-electron chi connectivity index (χ2n) is 4.82. The van der Waals surface area contributed by atoms with E-state index in [0.717, 1.165) is 22.2 Å². The normalized spacial score (nSPS) is 11.0. The SMILES string of the molecule is CCc1nc(-c2ccc(C(C)C)cc2)nc(N)c1Br. The lowest BCUT2D eigenvalue weighted by atomic mass is 10.0. The van der Waals surface area contributed by atoms with Crippen LogP contribution < -0.4 is 5.73 Å². The molecule has 0 spiro atoms. The van der Waals surface area contributed by atoms with Crippen molar-refractivity contribution in [3.8, 4) is 11.4 Å². The number of aromatic nitrogens is 2. The molecule has 2 N–H and O–H groups in total. The Bertz CT molecular complexity index is 577. The molecule has 0 radical (unpaired) electrons. The summed E-state index contributed by atoms with van der Waals surface area (Å²) in [5, 5.41) is 0. The lowest BCUT2D eigenvalue weighted by Gasteiger charge is -2.09. The van der Waals surface area contributed by atoms with Crippen molar-refractivity contribution in [2.45, 2.75) is 33.1 Å². The van der Waals surface area contributed by atoms with Crippen molar-refractivity contribution in [2.24, 2.45) is 0 Å². The minimum atomic E-state index is 0.495. The number of hydrogen-bond donors (Lipinski definition) is 1. The molecule has 2 aromatic rings. The van der Waals surface area contributed by atoms with Crippen molar-refractivity contribution in [3.63, 3.8) is 0 Å². The molecule has 4 heteroatoms. The van der Waals surface area contributed by atoms with Gasteiger partial charge in [-0.05, 0) is 33.8 Å². The van der Waals surface area contributed by atoms with Gasteiger partial charge in [0.15, 0.2) is 5.82 Å². The number of aryl methyl sites for hydroxylation is 1. The molecule has 1 aromatic carbocycles. The number of nitrogens with zero attached hydrogens (tertiary/aromatic N) is 2. The van der Waals surface area contributed by atoms with E-state index in [1.165, 1.54) is 5.56 Å². The average molecular weight is 320 g/mol. The Morgan fingerprint density at radius 1 is 1.16 bits per heavy atom. The number of anilines is 1. The van der Waals surface area contributed by atoms with Crippen molar-refractivity contribution < 1.29 is 0 Å². The standard InChI is InChI=1S/C15H18BrN3/c1-4-12-13(16)14(17)19-15(18-12)11-7-5-10(6-8-11)9(2)3/h5-9H,4H2,1-3H3,(H2,17,18,19). The molecule has 0 aliphatic rings. The van der Waals surface area contributed by atoms with Crippen LogP contribution in [-0.2, 0) is 6.42 Å². The first-order chi connectivity index (χ1) is 9.02. The van der Waals surface area contributed by atoms with Crippen LogP contribution in [0.5, 0.6) is 0 Å². The fourth-order valence-electron chi connectivity index (χ4n) is 1.89. The summed E-state index contributed by atoms with van der Waals surface area (Å²) in [5.41, 5.74) is 9.16. The van der Waals surface area contributed by atoms with Gasteiger partial charge in [-0.1, -0.05) is 45.0 Å². The molecule has 0 atom stereocenters. The van der Waals surface area contributed by atoms with Crippen molar-refractivity contribution in [1.82, 2.24) is 9.97 Å². The highest BCUT2D eigenvalue weighted by molar-refractivity contribution is 9.10. The molecule has 0 amide bonds. The van der Waals surface area contributed by atoms with Crippen LogP contribution in [0.4, 0.5) is 5.82 Å². The van der Waals surface area contributed by atoms with Gasteiger partial charge in [-0.3, -0.25) is 0 Å². The van der Waals surface area contributed by atoms with Gasteiger partial charge in [0.1, 0.15) is 5.82 Å². The largest absolute Gasteiger partial charge is 0.383 e. The van der Waals surface area contributed by atoms with Gasteiger partial charge in [0.25, 0.3) is 0 Å². The van der Waals surface area contributed by atoms with E-state index in [0.29, 0.717) is 17.6 Å². The summed E-state index contributed by atoms with van der Waals surface area (Å²) in [4.78, 5) is 8.90. The maximum absolute atomic E-state index is 5.91. The van der Waals surface area contributed by atoms with Gasteiger partial charge < -0.3 is 5.73 Å². The van der Waals surface area contributed by atoms with E-state index in [2.05, 4.69) is 70.9 Å². The first kappa shape index (κ1) is 14.0. The quantitative estimate of drug-likeness (QED) is 0.923. The number of nitrogens with two attached hydrogens (primary N) is 1. The van der Waals surface area contributed by atoms with E-state index in [9.17, 15) is 0 Å². The van der Waals surface area contributed by atoms with Crippen LogP contribution in [0.1, 0.15) is 37.9 Å². The van der Waals surface area contributed by atoms with Crippen LogP contribution in [0.3, 0.4) is 0 Å². The van der Waals surface area contributed by atoms with Gasteiger partial charge in [-0.25, -0.2) is 9.97 Å². The predicted octanol–water partition coefficient (Wildman–Crippen LogP) is 4.17. The third-order valence-electron chi connectivity index (χ3n) is 3.12. The van der Waals surface area contributed by atoms with Crippen LogP contribution in [-0.4, -0.2) is 9.97 Å². The fourth-order valence-corrected chi connectivity index (χ4v) is 2.35. The maximum Gasteiger partial charge on any atom is 0.161 e. The van der Waals surface area contributed by atoms with Crippen LogP contribution in [0.2, 0.25) is 0 Å². The number of hydrogen-bond acceptors (Lipinski definition) is 3. The van der Waals surface area contributed by atoms with E-state index >= 15 is 0 Å². The number of benzene rings is 1. The third kappa shape index (κ3) is 2.95. The average Bonchev–Trinajstić information content (AvgIpc) is 2.41. The molecule has 1 aromatic heterocycles. The Balaban J connectivity index is 2.44. The molecule has 1 heterocycles. The second-order valence-corrected chi connectivity index (χ2v) is 5.62. The highest BCUT2D eigenvalue weighted by Gasteiger charge is 2.10. The third-order valence-corrected chi connectivity index (χ3v) is 3.98. The molecule has 3 nitrogen and oxygen atoms in total. The van der Waals surface area contributed by atoms with E-state index < -0.39 is 0 Å². The molecule has 0 bridgehead atoms. The van der Waals surface area contributed by atoms with E-state index in [-0.39, 0.29) is 0 Å². The smallest absolute Gasteiger partial charge is 0.161 e. The lowest BCUT2D eigenvalue weighted by Crippen LogP contribution is -2.02. The monoisotopic (exact) mass is 319 g/mol. The minimum Gasteiger partial charge on any atom is -0.383 e. The van der Waals surface area contributed by atoms with Crippen LogP contribution >= 0.6 is 15.9 Å². The Morgan fingerprint density at radius 2 is 1.79 bits per heavy atom. The summed E-state index contributed by atoms with van der Waals surface area (Å²) < 4.78 is 0.803. The van der Waals surface area contributed by atoms with E-state index in [1.807, 2.05) is 0 Å². The molecule has 0 saturated carbocycles. The Hall–Kier alpha value is -1.42. The van der Waals surface area contributed by atoms with Crippen LogP contribution in [0, 0.1) is 0 Å². The zero-order valence-corrected chi connectivity index (χ0v) is 13.0. The molecule has 100 valence electrons. The minimum absolute atomic E-state index is 0.495. The summed E-state index contributed by atoms with van der Waals surface area (Å²) in [5.74, 6) is 1.71. The van der Waals surface area contributed by atoms with Crippen molar-refractivity contribution in [1.29, 1.82) is 0 Å². The maximum atomic E-state index is 5.91. The molecular weight excluding hydrogens is 302 g/mol. The molecule has 2 rings (SSSR count). The van der Waals surface area contributed by atoms with Gasteiger partial charge in [-0.2, -0.15) is 0 Å². The second kappa shape index (κ2) is 5.70. The molecule has 0 aliphatic carbocycles. The summed E-state index contributed by atoms with van der Waals surface area (Å²) in [6.07, 6.45) is 0.824. The molecular formula is C15H18BrN3. The number of rotatable bonds is 3. The molecule has 0 saturated heterocycles. The Labute approximate surface area is 122 Å². The summed E-state index contributed by atoms with van der Waals surface area (Å²) in [6.45, 7) is 6.41. The van der Waals surface area contributed by atoms with Crippen molar-refractivity contribution in [3.05, 3.63) is 40.0 Å². The van der Waals surface area contributed by atoms with Gasteiger partial charge in [0.05, 0.1) is 10.2 Å². The summed E-state index contributed by atoms with van der Waals surface area (Å²) in [6, 6.07) is 8.34. The van der Waals surface area contributed by atoms with Crippen LogP contribution in [0.25, 0.3) is 11.4 Å². The molecule has 0 fully saturated rings. The number of halogens is 1. The number of nitrogen functional groups attached to an aromatic ring is 1. The summed E-state index contributed by atoms with van der Waals surface area (Å²) in [7, 11) is 0. The molecule has 0 aliphatic heterocycles.